The topological polar surface area (TPSA) is 12.0 Å². The van der Waals surface area contributed by atoms with E-state index in [0.717, 1.165) is 25.9 Å². The highest BCUT2D eigenvalue weighted by atomic mass is 14.8. The summed E-state index contributed by atoms with van der Waals surface area (Å²) in [5.41, 5.74) is 4.25. The van der Waals surface area contributed by atoms with Crippen LogP contribution in [0.3, 0.4) is 0 Å². The molecule has 0 aromatic heterocycles. The predicted molar refractivity (Wildman–Crippen MR) is 69.4 cm³/mol. The molecule has 2 rings (SSSR count). The van der Waals surface area contributed by atoms with Gasteiger partial charge < -0.3 is 5.32 Å². The highest BCUT2D eigenvalue weighted by Crippen LogP contribution is 2.09. The molecule has 1 nitrogen and oxygen atoms in total. The molecule has 1 heteroatoms. The minimum atomic E-state index is 0.960. The number of nitrogens with one attached hydrogen (secondary N) is 1. The van der Waals surface area contributed by atoms with Gasteiger partial charge in [-0.2, -0.15) is 0 Å². The van der Waals surface area contributed by atoms with E-state index in [9.17, 15) is 0 Å². The molecular formula is C15H19N. The van der Waals surface area contributed by atoms with E-state index < -0.39 is 0 Å². The Bertz CT molecular complexity index is 384. The first-order chi connectivity index (χ1) is 7.88. The average molecular weight is 213 g/mol. The molecule has 0 atom stereocenters. The molecule has 1 aliphatic rings. The number of allylic oxidation sites excluding steroid dienone is 3. The van der Waals surface area contributed by atoms with E-state index in [1.807, 2.05) is 0 Å². The van der Waals surface area contributed by atoms with Crippen LogP contribution in [0.15, 0.2) is 48.1 Å². The second kappa shape index (κ2) is 5.66. The highest BCUT2D eigenvalue weighted by Gasteiger charge is 1.98. The number of hydrogen-bond acceptors (Lipinski definition) is 1. The lowest BCUT2D eigenvalue weighted by Gasteiger charge is -2.06. The Morgan fingerprint density at radius 2 is 1.81 bits per heavy atom. The van der Waals surface area contributed by atoms with Crippen LogP contribution >= 0.6 is 0 Å². The predicted octanol–water partition coefficient (Wildman–Crippen LogP) is 3.22. The standard InChI is InChI=1S/C15H19N/c1-2-13-7-9-15(10-8-13)12-16-11-14-5-3-4-6-14/h3-5,7-10,16H,2,6,11-12H2,1H3. The Morgan fingerprint density at radius 3 is 2.44 bits per heavy atom. The summed E-state index contributed by atoms with van der Waals surface area (Å²) in [7, 11) is 0. The minimum Gasteiger partial charge on any atom is -0.309 e. The number of rotatable bonds is 5. The lowest BCUT2D eigenvalue weighted by atomic mass is 10.1. The molecule has 0 spiro atoms. The fourth-order valence-corrected chi connectivity index (χ4v) is 1.88. The lowest BCUT2D eigenvalue weighted by Crippen LogP contribution is -2.15. The minimum absolute atomic E-state index is 0.960. The summed E-state index contributed by atoms with van der Waals surface area (Å²) in [4.78, 5) is 0. The summed E-state index contributed by atoms with van der Waals surface area (Å²) >= 11 is 0. The summed E-state index contributed by atoms with van der Waals surface area (Å²) in [6.07, 6.45) is 8.77. The van der Waals surface area contributed by atoms with Gasteiger partial charge in [0.25, 0.3) is 0 Å². The highest BCUT2D eigenvalue weighted by molar-refractivity contribution is 5.25. The van der Waals surface area contributed by atoms with Gasteiger partial charge in [0, 0.05) is 13.1 Å². The van der Waals surface area contributed by atoms with E-state index in [-0.39, 0.29) is 0 Å². The molecule has 16 heavy (non-hydrogen) atoms. The zero-order chi connectivity index (χ0) is 11.2. The Kier molecular flexibility index (Phi) is 3.95. The molecule has 0 amide bonds. The quantitative estimate of drug-likeness (QED) is 0.792. The van der Waals surface area contributed by atoms with Crippen LogP contribution in [0.2, 0.25) is 0 Å². The lowest BCUT2D eigenvalue weighted by molar-refractivity contribution is 0.733. The van der Waals surface area contributed by atoms with Crippen molar-refractivity contribution in [3.8, 4) is 0 Å². The van der Waals surface area contributed by atoms with Gasteiger partial charge in [-0.05, 0) is 24.0 Å². The maximum atomic E-state index is 3.47. The van der Waals surface area contributed by atoms with E-state index in [1.165, 1.54) is 16.7 Å². The molecule has 1 aromatic rings. The second-order valence-electron chi connectivity index (χ2n) is 4.23. The van der Waals surface area contributed by atoms with Crippen LogP contribution in [0.1, 0.15) is 24.5 Å². The normalized spacial score (nSPS) is 14.2. The van der Waals surface area contributed by atoms with Crippen LogP contribution < -0.4 is 5.32 Å². The van der Waals surface area contributed by atoms with Gasteiger partial charge in [-0.1, -0.05) is 55.0 Å². The monoisotopic (exact) mass is 213 g/mol. The third kappa shape index (κ3) is 3.07. The van der Waals surface area contributed by atoms with Crippen LogP contribution in [0.5, 0.6) is 0 Å². The smallest absolute Gasteiger partial charge is 0.0208 e. The van der Waals surface area contributed by atoms with Gasteiger partial charge in [0.05, 0.1) is 0 Å². The van der Waals surface area contributed by atoms with Crippen molar-refractivity contribution in [1.29, 1.82) is 0 Å². The summed E-state index contributed by atoms with van der Waals surface area (Å²) < 4.78 is 0. The van der Waals surface area contributed by atoms with E-state index >= 15 is 0 Å². The first-order valence-corrected chi connectivity index (χ1v) is 6.01. The largest absolute Gasteiger partial charge is 0.309 e. The number of aryl methyl sites for hydroxylation is 1. The van der Waals surface area contributed by atoms with Crippen molar-refractivity contribution in [2.45, 2.75) is 26.3 Å². The molecule has 1 aromatic carbocycles. The van der Waals surface area contributed by atoms with Crippen LogP contribution in [-0.4, -0.2) is 6.54 Å². The first-order valence-electron chi connectivity index (χ1n) is 6.01. The van der Waals surface area contributed by atoms with Gasteiger partial charge >= 0.3 is 0 Å². The first kappa shape index (κ1) is 11.2. The van der Waals surface area contributed by atoms with Crippen molar-refractivity contribution in [2.24, 2.45) is 0 Å². The molecular weight excluding hydrogens is 194 g/mol. The van der Waals surface area contributed by atoms with Crippen molar-refractivity contribution in [3.63, 3.8) is 0 Å². The molecule has 1 aliphatic carbocycles. The van der Waals surface area contributed by atoms with Crippen LogP contribution in [-0.2, 0) is 13.0 Å². The molecule has 0 bridgehead atoms. The van der Waals surface area contributed by atoms with Gasteiger partial charge in [0.1, 0.15) is 0 Å². The molecule has 0 unspecified atom stereocenters. The Morgan fingerprint density at radius 1 is 1.06 bits per heavy atom. The van der Waals surface area contributed by atoms with Crippen molar-refractivity contribution >= 4 is 0 Å². The summed E-state index contributed by atoms with van der Waals surface area (Å²) in [5.74, 6) is 0. The third-order valence-corrected chi connectivity index (χ3v) is 2.96. The Hall–Kier alpha value is -1.34. The van der Waals surface area contributed by atoms with E-state index in [4.69, 9.17) is 0 Å². The van der Waals surface area contributed by atoms with Crippen LogP contribution in [0, 0.1) is 0 Å². The van der Waals surface area contributed by atoms with Gasteiger partial charge in [-0.15, -0.1) is 0 Å². The van der Waals surface area contributed by atoms with E-state index in [1.54, 1.807) is 0 Å². The fourth-order valence-electron chi connectivity index (χ4n) is 1.88. The molecule has 0 heterocycles. The molecule has 0 aliphatic heterocycles. The van der Waals surface area contributed by atoms with Crippen LogP contribution in [0.4, 0.5) is 0 Å². The number of hydrogen-bond donors (Lipinski definition) is 1. The SMILES string of the molecule is CCc1ccc(CNCC2=CC=CC2)cc1. The molecule has 0 radical (unpaired) electrons. The Labute approximate surface area is 97.9 Å². The average Bonchev–Trinajstić information content (AvgIpc) is 2.83. The third-order valence-electron chi connectivity index (χ3n) is 2.96. The molecule has 0 saturated carbocycles. The van der Waals surface area contributed by atoms with Gasteiger partial charge in [-0.25, -0.2) is 0 Å². The van der Waals surface area contributed by atoms with Crippen molar-refractivity contribution < 1.29 is 0 Å². The summed E-state index contributed by atoms with van der Waals surface area (Å²) in [6, 6.07) is 8.86. The molecule has 0 fully saturated rings. The molecule has 1 N–H and O–H groups in total. The van der Waals surface area contributed by atoms with Gasteiger partial charge in [0.15, 0.2) is 0 Å². The number of benzene rings is 1. The van der Waals surface area contributed by atoms with Crippen LogP contribution in [0.25, 0.3) is 0 Å². The Balaban J connectivity index is 1.76. The maximum absolute atomic E-state index is 3.47. The van der Waals surface area contributed by atoms with E-state index in [2.05, 4.69) is 54.7 Å². The second-order valence-corrected chi connectivity index (χ2v) is 4.23. The fraction of sp³-hybridized carbons (Fsp3) is 0.333. The van der Waals surface area contributed by atoms with Crippen molar-refractivity contribution in [2.75, 3.05) is 6.54 Å². The van der Waals surface area contributed by atoms with Crippen molar-refractivity contribution in [1.82, 2.24) is 5.32 Å². The zero-order valence-electron chi connectivity index (χ0n) is 9.87. The maximum Gasteiger partial charge on any atom is 0.0208 e. The van der Waals surface area contributed by atoms with Gasteiger partial charge in [0.2, 0.25) is 0 Å². The van der Waals surface area contributed by atoms with Gasteiger partial charge in [-0.3, -0.25) is 0 Å². The van der Waals surface area contributed by atoms with E-state index in [0.29, 0.717) is 0 Å². The summed E-state index contributed by atoms with van der Waals surface area (Å²) in [5, 5.41) is 3.47. The molecule has 0 saturated heterocycles. The molecule has 84 valence electrons. The zero-order valence-corrected chi connectivity index (χ0v) is 9.87. The van der Waals surface area contributed by atoms with Crippen molar-refractivity contribution in [3.05, 3.63) is 59.2 Å². The summed E-state index contributed by atoms with van der Waals surface area (Å²) in [6.45, 7) is 4.15.